The number of nitrogens with zero attached hydrogens (tertiary/aromatic N) is 2. The summed E-state index contributed by atoms with van der Waals surface area (Å²) in [6.07, 6.45) is 5.61. The summed E-state index contributed by atoms with van der Waals surface area (Å²) in [5, 5.41) is 3.28. The maximum Gasteiger partial charge on any atom is 0.108 e. The van der Waals surface area contributed by atoms with E-state index >= 15 is 0 Å². The van der Waals surface area contributed by atoms with Crippen molar-refractivity contribution in [2.75, 3.05) is 7.05 Å². The highest BCUT2D eigenvalue weighted by molar-refractivity contribution is 7.20. The molecule has 2 heterocycles. The van der Waals surface area contributed by atoms with Crippen LogP contribution in [-0.4, -0.2) is 16.6 Å². The normalized spacial score (nSPS) is 12.9. The average Bonchev–Trinajstić information content (AvgIpc) is 2.87. The van der Waals surface area contributed by atoms with Crippen LogP contribution in [0.25, 0.3) is 0 Å². The summed E-state index contributed by atoms with van der Waals surface area (Å²) >= 11 is 13.6. The first-order chi connectivity index (χ1) is 8.61. The van der Waals surface area contributed by atoms with Crippen LogP contribution in [0.15, 0.2) is 18.5 Å². The molecule has 1 N–H and O–H groups in total. The second kappa shape index (κ2) is 6.06. The summed E-state index contributed by atoms with van der Waals surface area (Å²) in [6.45, 7) is 0. The van der Waals surface area contributed by atoms with Crippen LogP contribution >= 0.6 is 34.5 Å². The van der Waals surface area contributed by atoms with E-state index in [9.17, 15) is 0 Å². The molecule has 0 fully saturated rings. The van der Waals surface area contributed by atoms with Crippen molar-refractivity contribution < 1.29 is 0 Å². The molecule has 0 radical (unpaired) electrons. The van der Waals surface area contributed by atoms with Crippen LogP contribution in [0, 0.1) is 0 Å². The van der Waals surface area contributed by atoms with Gasteiger partial charge in [0, 0.05) is 37.5 Å². The van der Waals surface area contributed by atoms with E-state index in [2.05, 4.69) is 10.3 Å². The Morgan fingerprint density at radius 3 is 2.78 bits per heavy atom. The third kappa shape index (κ3) is 3.06. The fourth-order valence-electron chi connectivity index (χ4n) is 1.96. The molecule has 1 unspecified atom stereocenters. The zero-order chi connectivity index (χ0) is 13.1. The fraction of sp³-hybridized carbons (Fsp3) is 0.417. The summed E-state index contributed by atoms with van der Waals surface area (Å²) in [5.41, 5.74) is 1.07. The zero-order valence-electron chi connectivity index (χ0n) is 10.3. The van der Waals surface area contributed by atoms with Crippen molar-refractivity contribution in [3.8, 4) is 0 Å². The van der Waals surface area contributed by atoms with Crippen molar-refractivity contribution in [2.24, 2.45) is 7.05 Å². The molecule has 2 aromatic rings. The monoisotopic (exact) mass is 303 g/mol. The predicted octanol–water partition coefficient (Wildman–Crippen LogP) is 3.68. The van der Waals surface area contributed by atoms with Gasteiger partial charge in [0.1, 0.15) is 5.82 Å². The van der Waals surface area contributed by atoms with Crippen molar-refractivity contribution in [1.29, 1.82) is 0 Å². The lowest BCUT2D eigenvalue weighted by Gasteiger charge is -2.15. The Bertz CT molecular complexity index is 521. The quantitative estimate of drug-likeness (QED) is 0.913. The van der Waals surface area contributed by atoms with Gasteiger partial charge in [-0.2, -0.15) is 0 Å². The Hall–Kier alpha value is -0.550. The number of rotatable bonds is 5. The molecule has 0 aromatic carbocycles. The minimum Gasteiger partial charge on any atom is -0.338 e. The molecule has 0 bridgehead atoms. The van der Waals surface area contributed by atoms with Crippen LogP contribution < -0.4 is 5.32 Å². The van der Waals surface area contributed by atoms with Gasteiger partial charge in [-0.25, -0.2) is 4.98 Å². The second-order valence-electron chi connectivity index (χ2n) is 4.11. The molecule has 0 amide bonds. The van der Waals surface area contributed by atoms with Gasteiger partial charge in [0.2, 0.25) is 0 Å². The van der Waals surface area contributed by atoms with Crippen LogP contribution in [-0.2, 0) is 13.5 Å². The fourth-order valence-corrected chi connectivity index (χ4v) is 3.54. The van der Waals surface area contributed by atoms with Crippen LogP contribution in [0.3, 0.4) is 0 Å². The van der Waals surface area contributed by atoms with Gasteiger partial charge in [-0.1, -0.05) is 23.2 Å². The Morgan fingerprint density at radius 2 is 2.28 bits per heavy atom. The molecule has 0 aliphatic rings. The smallest absolute Gasteiger partial charge is 0.108 e. The molecule has 0 spiro atoms. The molecule has 0 saturated carbocycles. The van der Waals surface area contributed by atoms with Crippen LogP contribution in [0.5, 0.6) is 0 Å². The maximum atomic E-state index is 6.18. The topological polar surface area (TPSA) is 29.9 Å². The molecule has 0 aliphatic heterocycles. The molecular formula is C12H15Cl2N3S. The highest BCUT2D eigenvalue weighted by Gasteiger charge is 2.16. The van der Waals surface area contributed by atoms with Gasteiger partial charge in [-0.05, 0) is 19.5 Å². The lowest BCUT2D eigenvalue weighted by atomic mass is 10.1. The average molecular weight is 304 g/mol. The first-order valence-electron chi connectivity index (χ1n) is 5.70. The zero-order valence-corrected chi connectivity index (χ0v) is 12.6. The number of thiophene rings is 1. The number of imidazole rings is 1. The van der Waals surface area contributed by atoms with Gasteiger partial charge >= 0.3 is 0 Å². The molecule has 0 saturated heterocycles. The number of aryl methyl sites for hydroxylation is 2. The van der Waals surface area contributed by atoms with E-state index in [0.717, 1.165) is 32.9 Å². The number of hydrogen-bond donors (Lipinski definition) is 1. The standard InChI is InChI=1S/C12H15Cl2N3S/c1-15-9(8-7-10(13)18-12(8)14)3-4-11-16-5-6-17(11)2/h5-7,9,15H,3-4H2,1-2H3. The Kier molecular flexibility index (Phi) is 4.67. The van der Waals surface area contributed by atoms with Crippen molar-refractivity contribution in [1.82, 2.24) is 14.9 Å². The van der Waals surface area contributed by atoms with Crippen molar-refractivity contribution in [3.63, 3.8) is 0 Å². The Balaban J connectivity index is 2.06. The molecule has 3 nitrogen and oxygen atoms in total. The first-order valence-corrected chi connectivity index (χ1v) is 7.27. The Labute approximate surface area is 121 Å². The molecule has 1 atom stereocenters. The Morgan fingerprint density at radius 1 is 1.50 bits per heavy atom. The first kappa shape index (κ1) is 13.9. The third-order valence-electron chi connectivity index (χ3n) is 2.98. The van der Waals surface area contributed by atoms with E-state index < -0.39 is 0 Å². The van der Waals surface area contributed by atoms with E-state index in [1.807, 2.05) is 37.1 Å². The minimum atomic E-state index is 0.206. The number of halogens is 2. The molecule has 2 aromatic heterocycles. The second-order valence-corrected chi connectivity index (χ2v) is 6.40. The van der Waals surface area contributed by atoms with Crippen LogP contribution in [0.4, 0.5) is 0 Å². The molecule has 18 heavy (non-hydrogen) atoms. The van der Waals surface area contributed by atoms with E-state index in [0.29, 0.717) is 0 Å². The summed E-state index contributed by atoms with van der Waals surface area (Å²) in [6, 6.07) is 2.15. The van der Waals surface area contributed by atoms with Crippen molar-refractivity contribution in [2.45, 2.75) is 18.9 Å². The van der Waals surface area contributed by atoms with Crippen molar-refractivity contribution >= 4 is 34.5 Å². The van der Waals surface area contributed by atoms with Crippen LogP contribution in [0.1, 0.15) is 23.9 Å². The number of aromatic nitrogens is 2. The van der Waals surface area contributed by atoms with E-state index in [-0.39, 0.29) is 6.04 Å². The van der Waals surface area contributed by atoms with Gasteiger partial charge in [0.05, 0.1) is 8.67 Å². The predicted molar refractivity (Wildman–Crippen MR) is 77.7 cm³/mol. The molecule has 98 valence electrons. The van der Waals surface area contributed by atoms with Gasteiger partial charge in [-0.3, -0.25) is 0 Å². The van der Waals surface area contributed by atoms with Gasteiger partial charge in [-0.15, -0.1) is 11.3 Å². The van der Waals surface area contributed by atoms with Gasteiger partial charge < -0.3 is 9.88 Å². The molecule has 6 heteroatoms. The molecular weight excluding hydrogens is 289 g/mol. The summed E-state index contributed by atoms with van der Waals surface area (Å²) < 4.78 is 3.53. The van der Waals surface area contributed by atoms with Crippen molar-refractivity contribution in [3.05, 3.63) is 38.5 Å². The van der Waals surface area contributed by atoms with E-state index in [1.54, 1.807) is 0 Å². The van der Waals surface area contributed by atoms with Gasteiger partial charge in [0.25, 0.3) is 0 Å². The molecule has 0 aliphatic carbocycles. The highest BCUT2D eigenvalue weighted by atomic mass is 35.5. The number of hydrogen-bond acceptors (Lipinski definition) is 3. The van der Waals surface area contributed by atoms with E-state index in [1.165, 1.54) is 11.3 Å². The number of nitrogens with one attached hydrogen (secondary N) is 1. The lowest BCUT2D eigenvalue weighted by molar-refractivity contribution is 0.537. The highest BCUT2D eigenvalue weighted by Crippen LogP contribution is 2.36. The summed E-state index contributed by atoms with van der Waals surface area (Å²) in [7, 11) is 3.94. The van der Waals surface area contributed by atoms with Gasteiger partial charge in [0.15, 0.2) is 0 Å². The van der Waals surface area contributed by atoms with Crippen LogP contribution in [0.2, 0.25) is 8.67 Å². The molecule has 2 rings (SSSR count). The third-order valence-corrected chi connectivity index (χ3v) is 4.50. The SMILES string of the molecule is CNC(CCc1nccn1C)c1cc(Cl)sc1Cl. The maximum absolute atomic E-state index is 6.18. The lowest BCUT2D eigenvalue weighted by Crippen LogP contribution is -2.17. The summed E-state index contributed by atoms with van der Waals surface area (Å²) in [5.74, 6) is 1.08. The minimum absolute atomic E-state index is 0.206. The largest absolute Gasteiger partial charge is 0.338 e. The van der Waals surface area contributed by atoms with E-state index in [4.69, 9.17) is 23.2 Å². The summed E-state index contributed by atoms with van der Waals surface area (Å²) in [4.78, 5) is 4.32.